The van der Waals surface area contributed by atoms with Crippen LogP contribution in [-0.2, 0) is 9.53 Å². The molecule has 1 atom stereocenters. The lowest BCUT2D eigenvalue weighted by molar-refractivity contribution is -0.126. The van der Waals surface area contributed by atoms with Crippen molar-refractivity contribution in [3.05, 3.63) is 35.4 Å². The standard InChI is InChI=1S/C24H37N3O2/c1-19-4-2-3-5-23(19)21-6-12-26(18-21)15-11-25-24(28)20-7-13-27(14-8-20)22-9-16-29-17-10-22/h2-5,20-22H,6-18H2,1H3,(H,25,28)/t21-/m0/s1. The number of nitrogens with zero attached hydrogens (tertiary/aromatic N) is 2. The molecule has 29 heavy (non-hydrogen) atoms. The summed E-state index contributed by atoms with van der Waals surface area (Å²) in [5.41, 5.74) is 2.90. The normalized spacial score (nSPS) is 25.3. The number of benzene rings is 1. The molecule has 5 nitrogen and oxygen atoms in total. The van der Waals surface area contributed by atoms with Crippen molar-refractivity contribution in [3.8, 4) is 0 Å². The van der Waals surface area contributed by atoms with Gasteiger partial charge in [-0.3, -0.25) is 4.79 Å². The maximum absolute atomic E-state index is 12.6. The summed E-state index contributed by atoms with van der Waals surface area (Å²) in [5.74, 6) is 1.11. The van der Waals surface area contributed by atoms with Gasteiger partial charge in [0.25, 0.3) is 0 Å². The van der Waals surface area contributed by atoms with Gasteiger partial charge in [0.1, 0.15) is 0 Å². The second-order valence-electron chi connectivity index (χ2n) is 9.09. The second-order valence-corrected chi connectivity index (χ2v) is 9.09. The Labute approximate surface area is 175 Å². The summed E-state index contributed by atoms with van der Waals surface area (Å²) in [6.45, 7) is 10.1. The number of nitrogens with one attached hydrogen (secondary N) is 1. The molecule has 0 saturated carbocycles. The summed E-state index contributed by atoms with van der Waals surface area (Å²) in [5, 5.41) is 3.22. The molecule has 3 fully saturated rings. The Kier molecular flexibility index (Phi) is 7.22. The van der Waals surface area contributed by atoms with E-state index in [1.165, 1.54) is 17.5 Å². The predicted octanol–water partition coefficient (Wildman–Crippen LogP) is 2.79. The van der Waals surface area contributed by atoms with Crippen LogP contribution < -0.4 is 5.32 Å². The van der Waals surface area contributed by atoms with Gasteiger partial charge in [-0.05, 0) is 75.7 Å². The van der Waals surface area contributed by atoms with Crippen LogP contribution in [0.5, 0.6) is 0 Å². The smallest absolute Gasteiger partial charge is 0.223 e. The monoisotopic (exact) mass is 399 g/mol. The Balaban J connectivity index is 1.14. The molecule has 0 aromatic heterocycles. The third-order valence-electron chi connectivity index (χ3n) is 7.24. The fourth-order valence-electron chi connectivity index (χ4n) is 5.39. The van der Waals surface area contributed by atoms with Gasteiger partial charge in [0.05, 0.1) is 0 Å². The number of hydrogen-bond acceptors (Lipinski definition) is 4. The molecule has 1 amide bonds. The zero-order valence-electron chi connectivity index (χ0n) is 17.9. The SMILES string of the molecule is Cc1ccccc1[C@H]1CCN(CCNC(=O)C2CCN(C3CCOCC3)CC2)C1. The zero-order chi connectivity index (χ0) is 20.1. The van der Waals surface area contributed by atoms with Crippen molar-refractivity contribution in [2.24, 2.45) is 5.92 Å². The van der Waals surface area contributed by atoms with E-state index in [-0.39, 0.29) is 11.8 Å². The zero-order valence-corrected chi connectivity index (χ0v) is 17.9. The summed E-state index contributed by atoms with van der Waals surface area (Å²) in [7, 11) is 0. The molecular weight excluding hydrogens is 362 g/mol. The molecule has 3 aliphatic heterocycles. The maximum atomic E-state index is 12.6. The Morgan fingerprint density at radius 1 is 1.07 bits per heavy atom. The van der Waals surface area contributed by atoms with E-state index in [1.807, 2.05) is 0 Å². The van der Waals surface area contributed by atoms with Crippen LogP contribution in [0.15, 0.2) is 24.3 Å². The average Bonchev–Trinajstić information content (AvgIpc) is 3.23. The van der Waals surface area contributed by atoms with Gasteiger partial charge in [0.15, 0.2) is 0 Å². The van der Waals surface area contributed by atoms with Crippen LogP contribution in [0.25, 0.3) is 0 Å². The van der Waals surface area contributed by atoms with Crippen LogP contribution in [0.4, 0.5) is 0 Å². The van der Waals surface area contributed by atoms with Crippen LogP contribution in [-0.4, -0.2) is 74.2 Å². The summed E-state index contributed by atoms with van der Waals surface area (Å²) in [6, 6.07) is 9.43. The van der Waals surface area contributed by atoms with E-state index in [0.29, 0.717) is 12.0 Å². The Hall–Kier alpha value is -1.43. The van der Waals surface area contributed by atoms with Crippen molar-refractivity contribution in [1.29, 1.82) is 0 Å². The fourth-order valence-corrected chi connectivity index (χ4v) is 5.39. The van der Waals surface area contributed by atoms with Gasteiger partial charge in [-0.25, -0.2) is 0 Å². The molecule has 0 bridgehead atoms. The Bertz CT molecular complexity index is 666. The van der Waals surface area contributed by atoms with Gasteiger partial charge in [0, 0.05) is 44.8 Å². The maximum Gasteiger partial charge on any atom is 0.223 e. The van der Waals surface area contributed by atoms with Gasteiger partial charge in [0.2, 0.25) is 5.91 Å². The molecule has 5 heteroatoms. The van der Waals surface area contributed by atoms with E-state index < -0.39 is 0 Å². The third-order valence-corrected chi connectivity index (χ3v) is 7.24. The minimum absolute atomic E-state index is 0.199. The van der Waals surface area contributed by atoms with Crippen molar-refractivity contribution in [2.45, 2.75) is 51.0 Å². The van der Waals surface area contributed by atoms with Crippen molar-refractivity contribution < 1.29 is 9.53 Å². The molecule has 160 valence electrons. The summed E-state index contributed by atoms with van der Waals surface area (Å²) < 4.78 is 5.48. The van der Waals surface area contributed by atoms with Crippen molar-refractivity contribution in [3.63, 3.8) is 0 Å². The molecule has 3 saturated heterocycles. The lowest BCUT2D eigenvalue weighted by Crippen LogP contribution is -2.47. The van der Waals surface area contributed by atoms with Gasteiger partial charge in [-0.15, -0.1) is 0 Å². The lowest BCUT2D eigenvalue weighted by atomic mass is 9.93. The Morgan fingerprint density at radius 2 is 1.83 bits per heavy atom. The summed E-state index contributed by atoms with van der Waals surface area (Å²) >= 11 is 0. The van der Waals surface area contributed by atoms with Crippen LogP contribution in [0.3, 0.4) is 0 Å². The molecule has 0 spiro atoms. The molecule has 3 aliphatic rings. The number of carbonyl (C=O) groups is 1. The molecule has 0 aliphatic carbocycles. The topological polar surface area (TPSA) is 44.8 Å². The van der Waals surface area contributed by atoms with E-state index in [1.54, 1.807) is 0 Å². The van der Waals surface area contributed by atoms with Crippen molar-refractivity contribution in [1.82, 2.24) is 15.1 Å². The van der Waals surface area contributed by atoms with Crippen LogP contribution in [0.2, 0.25) is 0 Å². The molecule has 4 rings (SSSR count). The lowest BCUT2D eigenvalue weighted by Gasteiger charge is -2.38. The average molecular weight is 400 g/mol. The quantitative estimate of drug-likeness (QED) is 0.799. The second kappa shape index (κ2) is 10.1. The largest absolute Gasteiger partial charge is 0.381 e. The van der Waals surface area contributed by atoms with E-state index in [2.05, 4.69) is 46.3 Å². The Morgan fingerprint density at radius 3 is 2.59 bits per heavy atom. The first-order chi connectivity index (χ1) is 14.2. The number of piperidine rings is 1. The predicted molar refractivity (Wildman–Crippen MR) is 116 cm³/mol. The van der Waals surface area contributed by atoms with E-state index >= 15 is 0 Å². The minimum atomic E-state index is 0.199. The number of aryl methyl sites for hydroxylation is 1. The number of ether oxygens (including phenoxy) is 1. The number of amides is 1. The molecule has 1 aromatic rings. The van der Waals surface area contributed by atoms with Crippen LogP contribution in [0.1, 0.15) is 49.1 Å². The van der Waals surface area contributed by atoms with Gasteiger partial charge in [-0.2, -0.15) is 0 Å². The van der Waals surface area contributed by atoms with Crippen LogP contribution >= 0.6 is 0 Å². The summed E-state index contributed by atoms with van der Waals surface area (Å²) in [4.78, 5) is 17.7. The highest BCUT2D eigenvalue weighted by Crippen LogP contribution is 2.29. The molecule has 1 N–H and O–H groups in total. The van der Waals surface area contributed by atoms with E-state index in [9.17, 15) is 4.79 Å². The third kappa shape index (κ3) is 5.39. The molecule has 3 heterocycles. The van der Waals surface area contributed by atoms with Crippen LogP contribution in [0, 0.1) is 12.8 Å². The van der Waals surface area contributed by atoms with Gasteiger partial charge < -0.3 is 19.9 Å². The first-order valence-corrected chi connectivity index (χ1v) is 11.6. The van der Waals surface area contributed by atoms with E-state index in [0.717, 1.165) is 78.2 Å². The first kappa shape index (κ1) is 20.8. The highest BCUT2D eigenvalue weighted by Gasteiger charge is 2.30. The number of hydrogen-bond donors (Lipinski definition) is 1. The molecule has 0 unspecified atom stereocenters. The first-order valence-electron chi connectivity index (χ1n) is 11.6. The van der Waals surface area contributed by atoms with Gasteiger partial charge >= 0.3 is 0 Å². The summed E-state index contributed by atoms with van der Waals surface area (Å²) in [6.07, 6.45) is 5.53. The molecule has 0 radical (unpaired) electrons. The van der Waals surface area contributed by atoms with Gasteiger partial charge in [-0.1, -0.05) is 24.3 Å². The number of carbonyl (C=O) groups excluding carboxylic acids is 1. The highest BCUT2D eigenvalue weighted by atomic mass is 16.5. The fraction of sp³-hybridized carbons (Fsp3) is 0.708. The number of likely N-dealkylation sites (tertiary alicyclic amines) is 2. The van der Waals surface area contributed by atoms with Crippen molar-refractivity contribution >= 4 is 5.91 Å². The highest BCUT2D eigenvalue weighted by molar-refractivity contribution is 5.78. The molecule has 1 aromatic carbocycles. The van der Waals surface area contributed by atoms with E-state index in [4.69, 9.17) is 4.74 Å². The molecular formula is C24H37N3O2. The number of rotatable bonds is 6. The van der Waals surface area contributed by atoms with Crippen molar-refractivity contribution in [2.75, 3.05) is 52.5 Å². The minimum Gasteiger partial charge on any atom is -0.381 e.